The number of likely N-dealkylation sites (N-methyl/N-ethyl adjacent to an activating group) is 1. The molecule has 0 saturated carbocycles. The molecular formula is C14H24N4O2. The van der Waals surface area contributed by atoms with E-state index in [1.165, 1.54) is 0 Å². The molecule has 6 nitrogen and oxygen atoms in total. The summed E-state index contributed by atoms with van der Waals surface area (Å²) in [5.41, 5.74) is 1.42. The molecule has 1 amide bonds. The predicted molar refractivity (Wildman–Crippen MR) is 80.2 cm³/mol. The summed E-state index contributed by atoms with van der Waals surface area (Å²) in [6.45, 7) is 4.43. The molecule has 0 radical (unpaired) electrons. The van der Waals surface area contributed by atoms with Gasteiger partial charge in [-0.2, -0.15) is 0 Å². The number of aryl methyl sites for hydroxylation is 1. The second-order valence-electron chi connectivity index (χ2n) is 4.80. The minimum atomic E-state index is -0.108. The van der Waals surface area contributed by atoms with Gasteiger partial charge in [-0.05, 0) is 33.2 Å². The maximum Gasteiger partial charge on any atom is 0.251 e. The first-order valence-electron chi connectivity index (χ1n) is 6.70. The highest BCUT2D eigenvalue weighted by atomic mass is 16.5. The first-order valence-corrected chi connectivity index (χ1v) is 6.70. The number of anilines is 1. The van der Waals surface area contributed by atoms with Crippen LogP contribution in [0.15, 0.2) is 12.1 Å². The zero-order valence-corrected chi connectivity index (χ0v) is 12.7. The Morgan fingerprint density at radius 1 is 1.35 bits per heavy atom. The third-order valence-electron chi connectivity index (χ3n) is 2.69. The van der Waals surface area contributed by atoms with Gasteiger partial charge >= 0.3 is 0 Å². The van der Waals surface area contributed by atoms with Crippen LogP contribution >= 0.6 is 0 Å². The monoisotopic (exact) mass is 280 g/mol. The highest BCUT2D eigenvalue weighted by Gasteiger charge is 2.07. The molecule has 20 heavy (non-hydrogen) atoms. The Balaban J connectivity index is 2.34. The number of hydrogen-bond acceptors (Lipinski definition) is 5. The smallest absolute Gasteiger partial charge is 0.251 e. The molecule has 1 aromatic rings. The summed E-state index contributed by atoms with van der Waals surface area (Å²) in [7, 11) is 5.77. The maximum atomic E-state index is 12.0. The van der Waals surface area contributed by atoms with Gasteiger partial charge in [0.25, 0.3) is 5.91 Å². The SMILES string of the molecule is CNc1cc(C(=O)NCCOCCN(C)C)cc(C)n1. The molecule has 112 valence electrons. The highest BCUT2D eigenvalue weighted by molar-refractivity contribution is 5.94. The van der Waals surface area contributed by atoms with E-state index in [-0.39, 0.29) is 5.91 Å². The van der Waals surface area contributed by atoms with E-state index in [4.69, 9.17) is 4.74 Å². The number of carbonyl (C=O) groups is 1. The van der Waals surface area contributed by atoms with Crippen molar-refractivity contribution >= 4 is 11.7 Å². The molecule has 0 aromatic carbocycles. The van der Waals surface area contributed by atoms with Gasteiger partial charge in [0.1, 0.15) is 5.82 Å². The predicted octanol–water partition coefficient (Wildman–Crippen LogP) is 0.740. The van der Waals surface area contributed by atoms with Crippen LogP contribution in [0.1, 0.15) is 16.1 Å². The number of amides is 1. The van der Waals surface area contributed by atoms with E-state index in [0.717, 1.165) is 12.2 Å². The Labute approximate surface area is 120 Å². The average molecular weight is 280 g/mol. The van der Waals surface area contributed by atoms with Crippen LogP contribution in [0.2, 0.25) is 0 Å². The normalized spacial score (nSPS) is 10.7. The van der Waals surface area contributed by atoms with Gasteiger partial charge in [0.05, 0.1) is 13.2 Å². The van der Waals surface area contributed by atoms with E-state index < -0.39 is 0 Å². The van der Waals surface area contributed by atoms with E-state index in [1.807, 2.05) is 21.0 Å². The molecule has 2 N–H and O–H groups in total. The molecule has 1 aromatic heterocycles. The van der Waals surface area contributed by atoms with Crippen LogP contribution in [0.3, 0.4) is 0 Å². The number of aromatic nitrogens is 1. The Hall–Kier alpha value is -1.66. The third-order valence-corrected chi connectivity index (χ3v) is 2.69. The number of ether oxygens (including phenoxy) is 1. The number of nitrogens with zero attached hydrogens (tertiary/aromatic N) is 2. The third kappa shape index (κ3) is 5.99. The average Bonchev–Trinajstić information content (AvgIpc) is 2.41. The van der Waals surface area contributed by atoms with Gasteiger partial charge in [-0.25, -0.2) is 4.98 Å². The molecule has 6 heteroatoms. The fraction of sp³-hybridized carbons (Fsp3) is 0.571. The second-order valence-corrected chi connectivity index (χ2v) is 4.80. The van der Waals surface area contributed by atoms with Crippen molar-refractivity contribution in [3.63, 3.8) is 0 Å². The van der Waals surface area contributed by atoms with Crippen molar-refractivity contribution in [1.29, 1.82) is 0 Å². The van der Waals surface area contributed by atoms with Crippen LogP contribution < -0.4 is 10.6 Å². The van der Waals surface area contributed by atoms with E-state index in [1.54, 1.807) is 19.2 Å². The van der Waals surface area contributed by atoms with Gasteiger partial charge in [-0.3, -0.25) is 4.79 Å². The lowest BCUT2D eigenvalue weighted by Crippen LogP contribution is -2.28. The summed E-state index contributed by atoms with van der Waals surface area (Å²) in [6.07, 6.45) is 0. The van der Waals surface area contributed by atoms with Crippen LogP contribution in [0.5, 0.6) is 0 Å². The molecular weight excluding hydrogens is 256 g/mol. The Bertz CT molecular complexity index is 435. The van der Waals surface area contributed by atoms with Crippen LogP contribution in [-0.4, -0.2) is 63.2 Å². The van der Waals surface area contributed by atoms with Gasteiger partial charge in [0.2, 0.25) is 0 Å². The number of nitrogens with one attached hydrogen (secondary N) is 2. The topological polar surface area (TPSA) is 66.5 Å². The molecule has 0 aliphatic carbocycles. The summed E-state index contributed by atoms with van der Waals surface area (Å²) >= 11 is 0. The molecule has 1 rings (SSSR count). The van der Waals surface area contributed by atoms with Crippen LogP contribution in [0, 0.1) is 6.92 Å². The summed E-state index contributed by atoms with van der Waals surface area (Å²) < 4.78 is 5.42. The van der Waals surface area contributed by atoms with Gasteiger partial charge < -0.3 is 20.3 Å². The lowest BCUT2D eigenvalue weighted by molar-refractivity contribution is 0.0900. The lowest BCUT2D eigenvalue weighted by Gasteiger charge is -2.10. The molecule has 0 unspecified atom stereocenters. The van der Waals surface area contributed by atoms with Gasteiger partial charge in [0.15, 0.2) is 0 Å². The van der Waals surface area contributed by atoms with Crippen molar-refractivity contribution < 1.29 is 9.53 Å². The Kier molecular flexibility index (Phi) is 6.97. The molecule has 0 fully saturated rings. The molecule has 0 bridgehead atoms. The van der Waals surface area contributed by atoms with Crippen molar-refractivity contribution in [2.45, 2.75) is 6.92 Å². The van der Waals surface area contributed by atoms with Crippen molar-refractivity contribution in [1.82, 2.24) is 15.2 Å². The maximum absolute atomic E-state index is 12.0. The van der Waals surface area contributed by atoms with Crippen LogP contribution in [-0.2, 0) is 4.74 Å². The first kappa shape index (κ1) is 16.4. The van der Waals surface area contributed by atoms with Crippen molar-refractivity contribution in [3.8, 4) is 0 Å². The molecule has 1 heterocycles. The molecule has 0 saturated heterocycles. The van der Waals surface area contributed by atoms with Crippen LogP contribution in [0.4, 0.5) is 5.82 Å². The fourth-order valence-corrected chi connectivity index (χ4v) is 1.62. The van der Waals surface area contributed by atoms with Crippen molar-refractivity contribution in [3.05, 3.63) is 23.4 Å². The quantitative estimate of drug-likeness (QED) is 0.688. The standard InChI is InChI=1S/C14H24N4O2/c1-11-9-12(10-13(15-2)17-11)14(19)16-5-7-20-8-6-18(3)4/h9-10H,5-8H2,1-4H3,(H,15,17)(H,16,19). The van der Waals surface area contributed by atoms with E-state index in [9.17, 15) is 4.79 Å². The largest absolute Gasteiger partial charge is 0.378 e. The van der Waals surface area contributed by atoms with Crippen molar-refractivity contribution in [2.75, 3.05) is 52.8 Å². The van der Waals surface area contributed by atoms with Gasteiger partial charge in [-0.1, -0.05) is 0 Å². The van der Waals surface area contributed by atoms with Crippen molar-refractivity contribution in [2.24, 2.45) is 0 Å². The minimum absolute atomic E-state index is 0.108. The fourth-order valence-electron chi connectivity index (χ4n) is 1.62. The molecule has 0 atom stereocenters. The van der Waals surface area contributed by atoms with E-state index >= 15 is 0 Å². The second kappa shape index (κ2) is 8.50. The van der Waals surface area contributed by atoms with E-state index in [2.05, 4.69) is 20.5 Å². The highest BCUT2D eigenvalue weighted by Crippen LogP contribution is 2.09. The molecule has 0 spiro atoms. The van der Waals surface area contributed by atoms with E-state index in [0.29, 0.717) is 31.1 Å². The molecule has 0 aliphatic rings. The first-order chi connectivity index (χ1) is 9.52. The molecule has 0 aliphatic heterocycles. The van der Waals surface area contributed by atoms with Crippen LogP contribution in [0.25, 0.3) is 0 Å². The summed E-state index contributed by atoms with van der Waals surface area (Å²) in [5.74, 6) is 0.584. The van der Waals surface area contributed by atoms with Gasteiger partial charge in [-0.15, -0.1) is 0 Å². The Morgan fingerprint density at radius 3 is 2.75 bits per heavy atom. The zero-order valence-electron chi connectivity index (χ0n) is 12.7. The Morgan fingerprint density at radius 2 is 2.10 bits per heavy atom. The summed E-state index contributed by atoms with van der Waals surface area (Å²) in [4.78, 5) is 18.3. The lowest BCUT2D eigenvalue weighted by atomic mass is 10.2. The summed E-state index contributed by atoms with van der Waals surface area (Å²) in [5, 5.41) is 5.77. The number of pyridine rings is 1. The zero-order chi connectivity index (χ0) is 15.0. The number of hydrogen-bond donors (Lipinski definition) is 2. The number of rotatable bonds is 8. The minimum Gasteiger partial charge on any atom is -0.378 e. The summed E-state index contributed by atoms with van der Waals surface area (Å²) in [6, 6.07) is 3.50. The van der Waals surface area contributed by atoms with Gasteiger partial charge in [0, 0.05) is 31.4 Å². The number of carbonyl (C=O) groups excluding carboxylic acids is 1.